The summed E-state index contributed by atoms with van der Waals surface area (Å²) in [6, 6.07) is 0.357. The Kier molecular flexibility index (Phi) is 7.11. The molecule has 3 rings (SSSR count). The Morgan fingerprint density at radius 2 is 1.84 bits per heavy atom. The summed E-state index contributed by atoms with van der Waals surface area (Å²) >= 11 is 0. The van der Waals surface area contributed by atoms with Gasteiger partial charge < -0.3 is 14.5 Å². The first-order chi connectivity index (χ1) is 12.2. The quantitative estimate of drug-likeness (QED) is 0.728. The zero-order valence-corrected chi connectivity index (χ0v) is 15.5. The number of piperidine rings is 2. The van der Waals surface area contributed by atoms with Crippen molar-refractivity contribution in [1.82, 2.24) is 14.7 Å². The highest BCUT2D eigenvalue weighted by atomic mass is 16.5. The van der Waals surface area contributed by atoms with Gasteiger partial charge >= 0.3 is 0 Å². The molecular formula is C19H33N3O3. The topological polar surface area (TPSA) is 53.1 Å². The van der Waals surface area contributed by atoms with Crippen molar-refractivity contribution in [3.05, 3.63) is 0 Å². The summed E-state index contributed by atoms with van der Waals surface area (Å²) in [6.07, 6.45) is 7.64. The maximum Gasteiger partial charge on any atom is 0.222 e. The van der Waals surface area contributed by atoms with Crippen molar-refractivity contribution >= 4 is 11.8 Å². The first-order valence-electron chi connectivity index (χ1n) is 10.1. The summed E-state index contributed by atoms with van der Waals surface area (Å²) in [4.78, 5) is 31.1. The Morgan fingerprint density at radius 1 is 1.04 bits per heavy atom. The molecule has 2 amide bonds. The second kappa shape index (κ2) is 9.53. The van der Waals surface area contributed by atoms with Crippen LogP contribution in [0.5, 0.6) is 0 Å². The fraction of sp³-hybridized carbons (Fsp3) is 0.895. The van der Waals surface area contributed by atoms with E-state index in [9.17, 15) is 9.59 Å². The third kappa shape index (κ3) is 5.42. The molecule has 0 radical (unpaired) electrons. The van der Waals surface area contributed by atoms with Gasteiger partial charge in [0.1, 0.15) is 0 Å². The Labute approximate surface area is 151 Å². The number of hydrogen-bond donors (Lipinski definition) is 0. The number of carbonyl (C=O) groups excluding carboxylic acids is 2. The Balaban J connectivity index is 1.44. The molecule has 6 nitrogen and oxygen atoms in total. The van der Waals surface area contributed by atoms with E-state index in [2.05, 4.69) is 9.80 Å². The van der Waals surface area contributed by atoms with Gasteiger partial charge in [-0.05, 0) is 38.5 Å². The van der Waals surface area contributed by atoms with Gasteiger partial charge in [-0.3, -0.25) is 14.5 Å². The van der Waals surface area contributed by atoms with E-state index in [-0.39, 0.29) is 11.8 Å². The van der Waals surface area contributed by atoms with Gasteiger partial charge in [-0.15, -0.1) is 0 Å². The SMILES string of the molecule is O=C1CCCCN1CCCC(=O)N1CCCCC1CN1CCOCC1. The summed E-state index contributed by atoms with van der Waals surface area (Å²) in [5.41, 5.74) is 0. The van der Waals surface area contributed by atoms with Crippen molar-refractivity contribution in [2.45, 2.75) is 57.4 Å². The van der Waals surface area contributed by atoms with E-state index in [1.807, 2.05) is 4.90 Å². The average Bonchev–Trinajstić information content (AvgIpc) is 2.64. The first kappa shape index (κ1) is 18.6. The van der Waals surface area contributed by atoms with Crippen LogP contribution in [0.15, 0.2) is 0 Å². The Bertz CT molecular complexity index is 451. The van der Waals surface area contributed by atoms with E-state index in [0.717, 1.165) is 84.6 Å². The van der Waals surface area contributed by atoms with E-state index >= 15 is 0 Å². The lowest BCUT2D eigenvalue weighted by molar-refractivity contribution is -0.137. The first-order valence-corrected chi connectivity index (χ1v) is 10.1. The zero-order chi connectivity index (χ0) is 17.5. The number of likely N-dealkylation sites (tertiary alicyclic amines) is 2. The molecule has 0 bridgehead atoms. The lowest BCUT2D eigenvalue weighted by atomic mass is 10.0. The summed E-state index contributed by atoms with van der Waals surface area (Å²) in [7, 11) is 0. The van der Waals surface area contributed by atoms with Crippen molar-refractivity contribution in [3.63, 3.8) is 0 Å². The number of ether oxygens (including phenoxy) is 1. The van der Waals surface area contributed by atoms with Crippen molar-refractivity contribution < 1.29 is 14.3 Å². The van der Waals surface area contributed by atoms with Crippen molar-refractivity contribution in [1.29, 1.82) is 0 Å². The molecule has 6 heteroatoms. The minimum Gasteiger partial charge on any atom is -0.379 e. The van der Waals surface area contributed by atoms with Gasteiger partial charge in [0.2, 0.25) is 11.8 Å². The molecule has 3 fully saturated rings. The van der Waals surface area contributed by atoms with Gasteiger partial charge in [0, 0.05) is 58.2 Å². The van der Waals surface area contributed by atoms with Crippen LogP contribution in [0.4, 0.5) is 0 Å². The van der Waals surface area contributed by atoms with E-state index in [1.165, 1.54) is 6.42 Å². The predicted molar refractivity (Wildman–Crippen MR) is 96.3 cm³/mol. The van der Waals surface area contributed by atoms with Gasteiger partial charge in [-0.25, -0.2) is 0 Å². The fourth-order valence-electron chi connectivity index (χ4n) is 4.26. The van der Waals surface area contributed by atoms with Crippen LogP contribution in [0, 0.1) is 0 Å². The maximum absolute atomic E-state index is 12.8. The molecule has 0 aromatic heterocycles. The van der Waals surface area contributed by atoms with Crippen LogP contribution in [-0.2, 0) is 14.3 Å². The molecule has 3 aliphatic rings. The Hall–Kier alpha value is -1.14. The molecule has 1 atom stereocenters. The van der Waals surface area contributed by atoms with Crippen LogP contribution < -0.4 is 0 Å². The number of rotatable bonds is 6. The average molecular weight is 351 g/mol. The van der Waals surface area contributed by atoms with Gasteiger partial charge in [-0.1, -0.05) is 0 Å². The summed E-state index contributed by atoms with van der Waals surface area (Å²) in [5, 5.41) is 0. The summed E-state index contributed by atoms with van der Waals surface area (Å²) in [5.74, 6) is 0.546. The number of morpholine rings is 1. The zero-order valence-electron chi connectivity index (χ0n) is 15.5. The minimum atomic E-state index is 0.266. The standard InChI is InChI=1S/C19H33N3O3/c23-18-7-2-3-9-21(18)10-5-8-19(24)22-11-4-1-6-17(22)16-20-12-14-25-15-13-20/h17H,1-16H2. The lowest BCUT2D eigenvalue weighted by Crippen LogP contribution is -2.51. The summed E-state index contributed by atoms with van der Waals surface area (Å²) < 4.78 is 5.43. The monoisotopic (exact) mass is 351 g/mol. The molecule has 0 aliphatic carbocycles. The van der Waals surface area contributed by atoms with Crippen LogP contribution in [0.3, 0.4) is 0 Å². The molecule has 3 saturated heterocycles. The molecule has 142 valence electrons. The molecule has 25 heavy (non-hydrogen) atoms. The summed E-state index contributed by atoms with van der Waals surface area (Å²) in [6.45, 7) is 7.08. The highest BCUT2D eigenvalue weighted by Crippen LogP contribution is 2.20. The van der Waals surface area contributed by atoms with E-state index in [1.54, 1.807) is 0 Å². The molecule has 0 spiro atoms. The third-order valence-electron chi connectivity index (χ3n) is 5.76. The molecular weight excluding hydrogens is 318 g/mol. The molecule has 0 aromatic rings. The maximum atomic E-state index is 12.8. The lowest BCUT2D eigenvalue weighted by Gasteiger charge is -2.40. The van der Waals surface area contributed by atoms with Crippen LogP contribution in [-0.4, -0.2) is 85.0 Å². The predicted octanol–water partition coefficient (Wildman–Crippen LogP) is 1.49. The second-order valence-electron chi connectivity index (χ2n) is 7.59. The van der Waals surface area contributed by atoms with Crippen LogP contribution in [0.2, 0.25) is 0 Å². The van der Waals surface area contributed by atoms with Gasteiger partial charge in [0.25, 0.3) is 0 Å². The smallest absolute Gasteiger partial charge is 0.222 e. The van der Waals surface area contributed by atoms with Crippen LogP contribution in [0.1, 0.15) is 51.4 Å². The highest BCUT2D eigenvalue weighted by molar-refractivity contribution is 5.78. The van der Waals surface area contributed by atoms with Crippen molar-refractivity contribution in [2.75, 3.05) is 52.5 Å². The largest absolute Gasteiger partial charge is 0.379 e. The highest BCUT2D eigenvalue weighted by Gasteiger charge is 2.28. The molecule has 0 saturated carbocycles. The molecule has 0 aromatic carbocycles. The second-order valence-corrected chi connectivity index (χ2v) is 7.59. The molecule has 3 heterocycles. The molecule has 0 N–H and O–H groups in total. The number of hydrogen-bond acceptors (Lipinski definition) is 4. The van der Waals surface area contributed by atoms with Crippen LogP contribution >= 0.6 is 0 Å². The van der Waals surface area contributed by atoms with Gasteiger partial charge in [0.05, 0.1) is 13.2 Å². The number of nitrogens with zero attached hydrogens (tertiary/aromatic N) is 3. The van der Waals surface area contributed by atoms with Gasteiger partial charge in [-0.2, -0.15) is 0 Å². The van der Waals surface area contributed by atoms with E-state index in [4.69, 9.17) is 4.74 Å². The number of carbonyl (C=O) groups is 2. The normalized spacial score (nSPS) is 26.1. The fourth-order valence-corrected chi connectivity index (χ4v) is 4.26. The Morgan fingerprint density at radius 3 is 2.64 bits per heavy atom. The van der Waals surface area contributed by atoms with E-state index in [0.29, 0.717) is 18.9 Å². The van der Waals surface area contributed by atoms with Gasteiger partial charge in [0.15, 0.2) is 0 Å². The van der Waals surface area contributed by atoms with Crippen LogP contribution in [0.25, 0.3) is 0 Å². The third-order valence-corrected chi connectivity index (χ3v) is 5.76. The number of amides is 2. The van der Waals surface area contributed by atoms with Crippen molar-refractivity contribution in [3.8, 4) is 0 Å². The molecule has 3 aliphatic heterocycles. The minimum absolute atomic E-state index is 0.266. The molecule has 1 unspecified atom stereocenters. The van der Waals surface area contributed by atoms with Crippen molar-refractivity contribution in [2.24, 2.45) is 0 Å². The van der Waals surface area contributed by atoms with E-state index < -0.39 is 0 Å².